The normalized spacial score (nSPS) is 14.7. The van der Waals surface area contributed by atoms with E-state index >= 15 is 0 Å². The molecule has 0 radical (unpaired) electrons. The van der Waals surface area contributed by atoms with Gasteiger partial charge in [-0.25, -0.2) is 9.97 Å². The van der Waals surface area contributed by atoms with Crippen LogP contribution >= 0.6 is 23.1 Å². The van der Waals surface area contributed by atoms with Crippen LogP contribution in [0.5, 0.6) is 5.75 Å². The first kappa shape index (κ1) is 18.5. The highest BCUT2D eigenvalue weighted by molar-refractivity contribution is 7.99. The summed E-state index contributed by atoms with van der Waals surface area (Å²) < 4.78 is 11.1. The Kier molecular flexibility index (Phi) is 5.17. The minimum atomic E-state index is 0.506. The molecule has 0 atom stereocenters. The van der Waals surface area contributed by atoms with Crippen molar-refractivity contribution in [1.29, 1.82) is 0 Å². The van der Waals surface area contributed by atoms with Crippen LogP contribution in [0.4, 0.5) is 0 Å². The molecule has 1 aliphatic rings. The molecule has 0 unspecified atom stereocenters. The molecule has 7 nitrogen and oxygen atoms in total. The molecule has 0 N–H and O–H groups in total. The van der Waals surface area contributed by atoms with Crippen molar-refractivity contribution in [1.82, 2.24) is 25.1 Å². The molecule has 1 aliphatic heterocycles. The Bertz CT molecular complexity index is 1120. The highest BCUT2D eigenvalue weighted by Crippen LogP contribution is 2.40. The van der Waals surface area contributed by atoms with Crippen molar-refractivity contribution < 1.29 is 9.15 Å². The maximum absolute atomic E-state index is 5.88. The molecule has 9 heteroatoms. The molecule has 1 aromatic carbocycles. The van der Waals surface area contributed by atoms with Gasteiger partial charge in [0.2, 0.25) is 5.89 Å². The molecule has 4 heterocycles. The maximum atomic E-state index is 5.88. The molecule has 5 rings (SSSR count). The van der Waals surface area contributed by atoms with Crippen LogP contribution in [0.1, 0.15) is 18.7 Å². The number of nitrogens with zero attached hydrogens (tertiary/aromatic N) is 5. The van der Waals surface area contributed by atoms with Gasteiger partial charge in [-0.1, -0.05) is 12.1 Å². The number of ether oxygens (including phenoxy) is 1. The van der Waals surface area contributed by atoms with E-state index in [1.807, 2.05) is 24.3 Å². The van der Waals surface area contributed by atoms with Crippen LogP contribution in [0.15, 0.2) is 50.6 Å². The third-order valence-electron chi connectivity index (χ3n) is 4.93. The van der Waals surface area contributed by atoms with Gasteiger partial charge in [0.05, 0.1) is 19.0 Å². The van der Waals surface area contributed by atoms with Crippen molar-refractivity contribution in [2.24, 2.45) is 0 Å². The van der Waals surface area contributed by atoms with Crippen molar-refractivity contribution >= 4 is 33.3 Å². The van der Waals surface area contributed by atoms with E-state index in [1.165, 1.54) is 24.6 Å². The van der Waals surface area contributed by atoms with Crippen molar-refractivity contribution in [3.05, 3.63) is 41.9 Å². The van der Waals surface area contributed by atoms with Crippen molar-refractivity contribution in [2.75, 3.05) is 20.2 Å². The molecular weight excluding hydrogens is 406 g/mol. The van der Waals surface area contributed by atoms with Gasteiger partial charge in [0.15, 0.2) is 0 Å². The van der Waals surface area contributed by atoms with Crippen LogP contribution in [0.3, 0.4) is 0 Å². The number of hydrogen-bond acceptors (Lipinski definition) is 9. The summed E-state index contributed by atoms with van der Waals surface area (Å²) in [7, 11) is 1.67. The summed E-state index contributed by atoms with van der Waals surface area (Å²) >= 11 is 2.99. The summed E-state index contributed by atoms with van der Waals surface area (Å²) in [5.74, 6) is 1.48. The fourth-order valence-corrected chi connectivity index (χ4v) is 5.24. The molecule has 1 saturated heterocycles. The molecule has 3 aromatic heterocycles. The second kappa shape index (κ2) is 8.10. The summed E-state index contributed by atoms with van der Waals surface area (Å²) in [6.07, 6.45) is 4.06. The van der Waals surface area contributed by atoms with Crippen molar-refractivity contribution in [3.63, 3.8) is 0 Å². The van der Waals surface area contributed by atoms with Crippen molar-refractivity contribution in [2.45, 2.75) is 29.6 Å². The quantitative estimate of drug-likeness (QED) is 0.418. The van der Waals surface area contributed by atoms with Gasteiger partial charge in [-0.3, -0.25) is 4.90 Å². The summed E-state index contributed by atoms with van der Waals surface area (Å²) in [5.41, 5.74) is 2.18. The first-order valence-corrected chi connectivity index (χ1v) is 11.1. The topological polar surface area (TPSA) is 77.2 Å². The zero-order valence-electron chi connectivity index (χ0n) is 15.9. The predicted octanol–water partition coefficient (Wildman–Crippen LogP) is 4.50. The minimum absolute atomic E-state index is 0.506. The highest BCUT2D eigenvalue weighted by atomic mass is 32.2. The van der Waals surface area contributed by atoms with Gasteiger partial charge in [-0.2, -0.15) is 0 Å². The van der Waals surface area contributed by atoms with Crippen LogP contribution < -0.4 is 4.74 Å². The Balaban J connectivity index is 1.44. The Morgan fingerprint density at radius 1 is 1.14 bits per heavy atom. The summed E-state index contributed by atoms with van der Waals surface area (Å²) in [6, 6.07) is 8.00. The van der Waals surface area contributed by atoms with E-state index in [4.69, 9.17) is 9.15 Å². The van der Waals surface area contributed by atoms with Crippen LogP contribution in [0.2, 0.25) is 0 Å². The Hall–Kier alpha value is -2.49. The van der Waals surface area contributed by atoms with Gasteiger partial charge >= 0.3 is 0 Å². The van der Waals surface area contributed by atoms with Gasteiger partial charge in [0.25, 0.3) is 5.22 Å². The number of likely N-dealkylation sites (tertiary alicyclic amines) is 1. The fraction of sp³-hybridized carbons (Fsp3) is 0.300. The van der Waals surface area contributed by atoms with Gasteiger partial charge < -0.3 is 9.15 Å². The lowest BCUT2D eigenvalue weighted by Crippen LogP contribution is -2.18. The summed E-state index contributed by atoms with van der Waals surface area (Å²) in [4.78, 5) is 12.2. The lowest BCUT2D eigenvalue weighted by molar-refractivity contribution is 0.278. The van der Waals surface area contributed by atoms with E-state index < -0.39 is 0 Å². The maximum Gasteiger partial charge on any atom is 0.283 e. The van der Waals surface area contributed by atoms with E-state index in [2.05, 4.69) is 30.4 Å². The number of aromatic nitrogens is 4. The first-order chi connectivity index (χ1) is 14.3. The molecule has 0 bridgehead atoms. The molecule has 0 amide bonds. The minimum Gasteiger partial charge on any atom is -0.497 e. The third kappa shape index (κ3) is 3.85. The highest BCUT2D eigenvalue weighted by Gasteiger charge is 2.19. The smallest absolute Gasteiger partial charge is 0.283 e. The standard InChI is InChI=1S/C20H19N5O2S2/c1-26-14-6-4-13(5-7-14)15-11-28-18-17(15)19(22-12-21-18)29-20-24-23-16(27-20)10-25-8-2-3-9-25/h4-7,11-12H,2-3,8-10H2,1H3. The number of hydrogen-bond donors (Lipinski definition) is 0. The second-order valence-corrected chi connectivity index (χ2v) is 8.58. The lowest BCUT2D eigenvalue weighted by atomic mass is 10.1. The molecule has 4 aromatic rings. The third-order valence-corrected chi connectivity index (χ3v) is 6.66. The van der Waals surface area contributed by atoms with E-state index in [9.17, 15) is 0 Å². The van der Waals surface area contributed by atoms with Crippen LogP contribution in [-0.2, 0) is 6.54 Å². The van der Waals surface area contributed by atoms with Crippen molar-refractivity contribution in [3.8, 4) is 16.9 Å². The average Bonchev–Trinajstić information content (AvgIpc) is 3.50. The zero-order valence-corrected chi connectivity index (χ0v) is 17.5. The zero-order chi connectivity index (χ0) is 19.6. The van der Waals surface area contributed by atoms with E-state index in [0.29, 0.717) is 17.7 Å². The Morgan fingerprint density at radius 2 is 1.97 bits per heavy atom. The fourth-order valence-electron chi connectivity index (χ4n) is 3.47. The van der Waals surface area contributed by atoms with E-state index in [-0.39, 0.29) is 0 Å². The SMILES string of the molecule is COc1ccc(-c2csc3ncnc(Sc4nnc(CN5CCCC5)o4)c23)cc1. The van der Waals surface area contributed by atoms with Crippen LogP contribution in [0.25, 0.3) is 21.3 Å². The number of rotatable bonds is 6. The number of benzene rings is 1. The van der Waals surface area contributed by atoms with E-state index in [0.717, 1.165) is 45.2 Å². The van der Waals surface area contributed by atoms with Gasteiger partial charge in [0, 0.05) is 10.9 Å². The van der Waals surface area contributed by atoms with Crippen LogP contribution in [-0.4, -0.2) is 45.3 Å². The lowest BCUT2D eigenvalue weighted by Gasteiger charge is -2.10. The Morgan fingerprint density at radius 3 is 2.76 bits per heavy atom. The molecule has 29 heavy (non-hydrogen) atoms. The number of fused-ring (bicyclic) bond motifs is 1. The monoisotopic (exact) mass is 425 g/mol. The van der Waals surface area contributed by atoms with Crippen LogP contribution in [0, 0.1) is 0 Å². The van der Waals surface area contributed by atoms with Gasteiger partial charge in [-0.15, -0.1) is 21.5 Å². The summed E-state index contributed by atoms with van der Waals surface area (Å²) in [6.45, 7) is 2.90. The average molecular weight is 426 g/mol. The number of thiophene rings is 1. The first-order valence-electron chi connectivity index (χ1n) is 9.39. The Labute approximate surface area is 176 Å². The van der Waals surface area contributed by atoms with E-state index in [1.54, 1.807) is 24.8 Å². The predicted molar refractivity (Wildman–Crippen MR) is 112 cm³/mol. The molecule has 1 fully saturated rings. The number of methoxy groups -OCH3 is 1. The molecule has 0 aliphatic carbocycles. The largest absolute Gasteiger partial charge is 0.497 e. The molecule has 0 saturated carbocycles. The van der Waals surface area contributed by atoms with Gasteiger partial charge in [-0.05, 0) is 55.4 Å². The van der Waals surface area contributed by atoms with Gasteiger partial charge in [0.1, 0.15) is 21.9 Å². The second-order valence-electron chi connectivity index (χ2n) is 6.78. The molecular formula is C20H19N5O2S2. The summed E-state index contributed by atoms with van der Waals surface area (Å²) in [5, 5.41) is 12.9. The molecule has 148 valence electrons. The molecule has 0 spiro atoms.